The van der Waals surface area contributed by atoms with Crippen LogP contribution >= 0.6 is 0 Å². The van der Waals surface area contributed by atoms with Crippen molar-refractivity contribution < 1.29 is 14.5 Å². The van der Waals surface area contributed by atoms with Crippen LogP contribution in [0.15, 0.2) is 12.1 Å². The number of rotatable bonds is 3. The topological polar surface area (TPSA) is 130 Å². The van der Waals surface area contributed by atoms with Crippen molar-refractivity contribution in [1.29, 1.82) is 0 Å². The number of fused-ring (bicyclic) bond motifs is 1. The lowest BCUT2D eigenvalue weighted by molar-refractivity contribution is -0.384. The summed E-state index contributed by atoms with van der Waals surface area (Å²) in [5.41, 5.74) is 0.360. The van der Waals surface area contributed by atoms with Gasteiger partial charge >= 0.3 is 0 Å². The maximum Gasteiger partial charge on any atom is 0.272 e. The highest BCUT2D eigenvalue weighted by molar-refractivity contribution is 6.06. The van der Waals surface area contributed by atoms with Gasteiger partial charge in [0, 0.05) is 26.1 Å². The van der Waals surface area contributed by atoms with Gasteiger partial charge in [-0.1, -0.05) is 0 Å². The molecule has 0 atom stereocenters. The number of anilines is 1. The number of aromatic nitrogens is 2. The van der Waals surface area contributed by atoms with Crippen LogP contribution < -0.4 is 10.6 Å². The van der Waals surface area contributed by atoms with Crippen molar-refractivity contribution in [3.8, 4) is 0 Å². The second kappa shape index (κ2) is 4.96. The maximum atomic E-state index is 11.8. The van der Waals surface area contributed by atoms with Gasteiger partial charge in [0.05, 0.1) is 16.0 Å². The summed E-state index contributed by atoms with van der Waals surface area (Å²) in [5, 5.41) is 15.7. The molecule has 0 aliphatic carbocycles. The number of benzene rings is 1. The van der Waals surface area contributed by atoms with Crippen LogP contribution in [0.5, 0.6) is 0 Å². The second-order valence-electron chi connectivity index (χ2n) is 3.99. The van der Waals surface area contributed by atoms with Crippen molar-refractivity contribution in [2.45, 2.75) is 6.92 Å². The van der Waals surface area contributed by atoms with E-state index in [1.54, 1.807) is 0 Å². The van der Waals surface area contributed by atoms with E-state index >= 15 is 0 Å². The zero-order chi connectivity index (χ0) is 14.9. The van der Waals surface area contributed by atoms with E-state index in [0.29, 0.717) is 5.52 Å². The van der Waals surface area contributed by atoms with Gasteiger partial charge in [0.2, 0.25) is 11.9 Å². The molecular weight excluding hydrogens is 266 g/mol. The molecule has 104 valence electrons. The molecule has 0 aliphatic rings. The second-order valence-corrected chi connectivity index (χ2v) is 3.99. The minimum atomic E-state index is -0.606. The summed E-state index contributed by atoms with van der Waals surface area (Å²) < 4.78 is 0. The number of non-ortho nitro benzene ring substituents is 1. The third-order valence-corrected chi connectivity index (χ3v) is 2.55. The number of aromatic amines is 1. The summed E-state index contributed by atoms with van der Waals surface area (Å²) in [5.74, 6) is -0.724. The number of nitro benzene ring substituents is 1. The van der Waals surface area contributed by atoms with Crippen LogP contribution in [0.2, 0.25) is 0 Å². The number of nitro groups is 1. The molecule has 0 saturated heterocycles. The third-order valence-electron chi connectivity index (χ3n) is 2.55. The predicted molar refractivity (Wildman–Crippen MR) is 70.4 cm³/mol. The summed E-state index contributed by atoms with van der Waals surface area (Å²) in [6.07, 6.45) is 0. The number of carbonyl (C=O) groups is 2. The van der Waals surface area contributed by atoms with Crippen molar-refractivity contribution in [3.63, 3.8) is 0 Å². The molecule has 0 bridgehead atoms. The monoisotopic (exact) mass is 277 g/mol. The number of imidazole rings is 1. The molecule has 9 nitrogen and oxygen atoms in total. The van der Waals surface area contributed by atoms with Gasteiger partial charge in [-0.3, -0.25) is 25.0 Å². The average molecular weight is 277 g/mol. The van der Waals surface area contributed by atoms with Crippen molar-refractivity contribution >= 4 is 34.5 Å². The Labute approximate surface area is 112 Å². The van der Waals surface area contributed by atoms with Crippen molar-refractivity contribution in [2.75, 3.05) is 12.4 Å². The fraction of sp³-hybridized carbons (Fsp3) is 0.182. The Kier molecular flexibility index (Phi) is 3.34. The lowest BCUT2D eigenvalue weighted by atomic mass is 10.1. The van der Waals surface area contributed by atoms with E-state index < -0.39 is 10.8 Å². The largest absolute Gasteiger partial charge is 0.355 e. The smallest absolute Gasteiger partial charge is 0.272 e. The summed E-state index contributed by atoms with van der Waals surface area (Å²) in [6.45, 7) is 1.30. The van der Waals surface area contributed by atoms with E-state index in [9.17, 15) is 19.7 Å². The molecule has 1 aromatic heterocycles. The van der Waals surface area contributed by atoms with E-state index in [1.165, 1.54) is 20.0 Å². The molecular formula is C11H11N5O4. The van der Waals surface area contributed by atoms with Crippen LogP contribution in [0.1, 0.15) is 17.3 Å². The fourth-order valence-corrected chi connectivity index (χ4v) is 1.74. The lowest BCUT2D eigenvalue weighted by Crippen LogP contribution is -2.18. The highest BCUT2D eigenvalue weighted by atomic mass is 16.6. The molecule has 0 unspecified atom stereocenters. The molecule has 3 N–H and O–H groups in total. The molecule has 2 rings (SSSR count). The number of H-pyrrole nitrogens is 1. The van der Waals surface area contributed by atoms with Gasteiger partial charge in [-0.15, -0.1) is 0 Å². The van der Waals surface area contributed by atoms with E-state index in [2.05, 4.69) is 20.6 Å². The van der Waals surface area contributed by atoms with Gasteiger partial charge in [0.15, 0.2) is 0 Å². The molecule has 0 saturated carbocycles. The Morgan fingerprint density at radius 1 is 1.40 bits per heavy atom. The van der Waals surface area contributed by atoms with Crippen LogP contribution in [-0.2, 0) is 4.79 Å². The molecule has 0 radical (unpaired) electrons. The van der Waals surface area contributed by atoms with E-state index in [1.807, 2.05) is 0 Å². The molecule has 2 aromatic rings. The molecule has 0 aliphatic heterocycles. The minimum absolute atomic E-state index is 0.0598. The highest BCUT2D eigenvalue weighted by Gasteiger charge is 2.19. The Morgan fingerprint density at radius 2 is 2.10 bits per heavy atom. The van der Waals surface area contributed by atoms with Gasteiger partial charge in [0.25, 0.3) is 11.6 Å². The van der Waals surface area contributed by atoms with Crippen molar-refractivity contribution in [3.05, 3.63) is 27.8 Å². The first-order chi connectivity index (χ1) is 9.42. The van der Waals surface area contributed by atoms with E-state index in [0.717, 1.165) is 6.07 Å². The number of amides is 2. The molecule has 0 spiro atoms. The van der Waals surface area contributed by atoms with Gasteiger partial charge in [-0.25, -0.2) is 4.98 Å². The Bertz CT molecular complexity index is 721. The molecule has 20 heavy (non-hydrogen) atoms. The summed E-state index contributed by atoms with van der Waals surface area (Å²) in [6, 6.07) is 2.39. The van der Waals surface area contributed by atoms with Gasteiger partial charge in [0.1, 0.15) is 5.52 Å². The maximum absolute atomic E-state index is 11.8. The Morgan fingerprint density at radius 3 is 2.65 bits per heavy atom. The third kappa shape index (κ3) is 2.41. The lowest BCUT2D eigenvalue weighted by Gasteiger charge is -2.00. The molecule has 0 fully saturated rings. The number of hydrogen-bond acceptors (Lipinski definition) is 5. The number of hydrogen-bond donors (Lipinski definition) is 3. The minimum Gasteiger partial charge on any atom is -0.355 e. The standard InChI is InChI=1S/C11H11N5O4/c1-5(17)13-11-14-8-4-6(16(19)20)3-7(9(8)15-11)10(18)12-2/h3-4H,1-2H3,(H,12,18)(H2,13,14,15,17). The zero-order valence-corrected chi connectivity index (χ0v) is 10.7. The van der Waals surface area contributed by atoms with Crippen LogP contribution in [0.25, 0.3) is 11.0 Å². The van der Waals surface area contributed by atoms with Gasteiger partial charge in [-0.2, -0.15) is 0 Å². The van der Waals surface area contributed by atoms with Crippen molar-refractivity contribution in [1.82, 2.24) is 15.3 Å². The predicted octanol–water partition coefficient (Wildman–Crippen LogP) is 0.789. The van der Waals surface area contributed by atoms with Gasteiger partial charge < -0.3 is 10.3 Å². The zero-order valence-electron chi connectivity index (χ0n) is 10.7. The van der Waals surface area contributed by atoms with Gasteiger partial charge in [-0.05, 0) is 0 Å². The normalized spacial score (nSPS) is 10.3. The highest BCUT2D eigenvalue weighted by Crippen LogP contribution is 2.25. The van der Waals surface area contributed by atoms with Crippen LogP contribution in [0.3, 0.4) is 0 Å². The summed E-state index contributed by atoms with van der Waals surface area (Å²) in [7, 11) is 1.41. The first-order valence-electron chi connectivity index (χ1n) is 5.60. The summed E-state index contributed by atoms with van der Waals surface area (Å²) in [4.78, 5) is 39.8. The number of nitrogens with one attached hydrogen (secondary N) is 3. The summed E-state index contributed by atoms with van der Waals surface area (Å²) >= 11 is 0. The fourth-order valence-electron chi connectivity index (χ4n) is 1.74. The van der Waals surface area contributed by atoms with Crippen molar-refractivity contribution in [2.24, 2.45) is 0 Å². The molecule has 1 aromatic carbocycles. The molecule has 2 amide bonds. The quantitative estimate of drug-likeness (QED) is 0.564. The SMILES string of the molecule is CNC(=O)c1cc([N+](=O)[O-])cc2[nH]c(NC(C)=O)nc12. The van der Waals surface area contributed by atoms with Crippen LogP contribution in [0, 0.1) is 10.1 Å². The van der Waals surface area contributed by atoms with E-state index in [-0.39, 0.29) is 28.6 Å². The number of carbonyl (C=O) groups excluding carboxylic acids is 2. The van der Waals surface area contributed by atoms with Crippen LogP contribution in [0.4, 0.5) is 11.6 Å². The first kappa shape index (κ1) is 13.5. The van der Waals surface area contributed by atoms with E-state index in [4.69, 9.17) is 0 Å². The Balaban J connectivity index is 2.66. The molecule has 1 heterocycles. The van der Waals surface area contributed by atoms with Crippen LogP contribution in [-0.4, -0.2) is 33.8 Å². The Hall–Kier alpha value is -2.97. The molecule has 9 heteroatoms. The number of nitrogens with zero attached hydrogens (tertiary/aromatic N) is 2. The first-order valence-corrected chi connectivity index (χ1v) is 5.60. The average Bonchev–Trinajstić information content (AvgIpc) is 2.77.